The van der Waals surface area contributed by atoms with Gasteiger partial charge in [0.25, 0.3) is 5.91 Å². The highest BCUT2D eigenvalue weighted by Crippen LogP contribution is 2.41. The number of ether oxygens (including phenoxy) is 3. The van der Waals surface area contributed by atoms with Gasteiger partial charge in [-0.05, 0) is 25.8 Å². The average molecular weight is 364 g/mol. The van der Waals surface area contributed by atoms with Crippen LogP contribution >= 0.6 is 0 Å². The molecule has 0 radical (unpaired) electrons. The number of benzene rings is 1. The van der Waals surface area contributed by atoms with Gasteiger partial charge in [0.1, 0.15) is 5.60 Å². The number of urea groups is 1. The Balaban J connectivity index is 1.98. The zero-order valence-corrected chi connectivity index (χ0v) is 15.3. The molecule has 0 saturated carbocycles. The highest BCUT2D eigenvalue weighted by Gasteiger charge is 2.33. The molecule has 1 atom stereocenters. The van der Waals surface area contributed by atoms with Crippen LogP contribution in [0.3, 0.4) is 0 Å². The van der Waals surface area contributed by atoms with Crippen LogP contribution in [0.1, 0.15) is 33.3 Å². The van der Waals surface area contributed by atoms with Crippen molar-refractivity contribution >= 4 is 17.9 Å². The van der Waals surface area contributed by atoms with E-state index in [0.29, 0.717) is 11.5 Å². The highest BCUT2D eigenvalue weighted by molar-refractivity contribution is 5.96. The molecule has 0 saturated heterocycles. The smallest absolute Gasteiger partial charge is 0.344 e. The number of nitrogens with one attached hydrogen (secondary N) is 1. The third kappa shape index (κ3) is 4.87. The normalized spacial score (nSPS) is 15.6. The zero-order chi connectivity index (χ0) is 19.5. The van der Waals surface area contributed by atoms with Crippen molar-refractivity contribution in [2.24, 2.45) is 11.7 Å². The molecule has 1 aliphatic rings. The van der Waals surface area contributed by atoms with Crippen molar-refractivity contribution in [1.82, 2.24) is 5.32 Å². The Morgan fingerprint density at radius 1 is 1.31 bits per heavy atom. The molecule has 1 aromatic carbocycles. The number of primary amides is 1. The number of nitrogens with two attached hydrogens (primary N) is 1. The maximum Gasteiger partial charge on any atom is 0.344 e. The summed E-state index contributed by atoms with van der Waals surface area (Å²) in [4.78, 5) is 34.7. The summed E-state index contributed by atoms with van der Waals surface area (Å²) >= 11 is 0. The van der Waals surface area contributed by atoms with Crippen LogP contribution in [0.2, 0.25) is 0 Å². The summed E-state index contributed by atoms with van der Waals surface area (Å²) in [7, 11) is 0. The van der Waals surface area contributed by atoms with E-state index in [1.54, 1.807) is 19.9 Å². The van der Waals surface area contributed by atoms with Crippen molar-refractivity contribution in [3.8, 4) is 11.5 Å². The lowest BCUT2D eigenvalue weighted by molar-refractivity contribution is -0.160. The maximum absolute atomic E-state index is 12.1. The SMILES string of the molecule is CC(C)[C@@H](OC(=O)COc1cccc2c1OC(C)(C)C2)C(=O)NC(N)=O. The van der Waals surface area contributed by atoms with Crippen LogP contribution in [0.25, 0.3) is 0 Å². The van der Waals surface area contributed by atoms with Gasteiger partial charge in [-0.1, -0.05) is 26.0 Å². The van der Waals surface area contributed by atoms with Crippen LogP contribution in [-0.2, 0) is 20.7 Å². The quantitative estimate of drug-likeness (QED) is 0.740. The fourth-order valence-corrected chi connectivity index (χ4v) is 2.70. The van der Waals surface area contributed by atoms with Gasteiger partial charge in [0.05, 0.1) is 0 Å². The van der Waals surface area contributed by atoms with Crippen LogP contribution in [0, 0.1) is 5.92 Å². The van der Waals surface area contributed by atoms with Crippen LogP contribution in [-0.4, -0.2) is 36.2 Å². The largest absolute Gasteiger partial charge is 0.483 e. The average Bonchev–Trinajstić information content (AvgIpc) is 2.83. The topological polar surface area (TPSA) is 117 Å². The van der Waals surface area contributed by atoms with Crippen molar-refractivity contribution in [3.63, 3.8) is 0 Å². The molecular formula is C18H24N2O6. The maximum atomic E-state index is 12.1. The van der Waals surface area contributed by atoms with Gasteiger partial charge in [0.2, 0.25) is 0 Å². The van der Waals surface area contributed by atoms with E-state index in [9.17, 15) is 14.4 Å². The first-order valence-electron chi connectivity index (χ1n) is 8.32. The lowest BCUT2D eigenvalue weighted by Gasteiger charge is -2.20. The number of hydrogen-bond donors (Lipinski definition) is 2. The van der Waals surface area contributed by atoms with Crippen LogP contribution in [0.4, 0.5) is 4.79 Å². The molecule has 0 aromatic heterocycles. The van der Waals surface area contributed by atoms with Crippen molar-refractivity contribution < 1.29 is 28.6 Å². The Morgan fingerprint density at radius 3 is 2.62 bits per heavy atom. The van der Waals surface area contributed by atoms with E-state index in [1.807, 2.05) is 31.3 Å². The lowest BCUT2D eigenvalue weighted by atomic mass is 10.0. The summed E-state index contributed by atoms with van der Waals surface area (Å²) in [6.07, 6.45) is -0.401. The molecule has 1 aromatic rings. The monoisotopic (exact) mass is 364 g/mol. The number of carbonyl (C=O) groups is 3. The van der Waals surface area contributed by atoms with Crippen molar-refractivity contribution in [2.45, 2.75) is 45.8 Å². The van der Waals surface area contributed by atoms with E-state index in [0.717, 1.165) is 12.0 Å². The summed E-state index contributed by atoms with van der Waals surface area (Å²) in [5.74, 6) is -0.807. The predicted octanol–water partition coefficient (Wildman–Crippen LogP) is 1.54. The Bertz CT molecular complexity index is 714. The summed E-state index contributed by atoms with van der Waals surface area (Å²) < 4.78 is 16.5. The first kappa shape index (κ1) is 19.6. The fourth-order valence-electron chi connectivity index (χ4n) is 2.70. The lowest BCUT2D eigenvalue weighted by Crippen LogP contribution is -2.46. The van der Waals surface area contributed by atoms with Gasteiger partial charge in [0.15, 0.2) is 24.2 Å². The van der Waals surface area contributed by atoms with Crippen molar-refractivity contribution in [3.05, 3.63) is 23.8 Å². The number of imide groups is 1. The predicted molar refractivity (Wildman–Crippen MR) is 92.8 cm³/mol. The first-order chi connectivity index (χ1) is 12.1. The number of rotatable bonds is 6. The number of para-hydroxylation sites is 1. The molecule has 0 aliphatic carbocycles. The molecule has 1 heterocycles. The molecule has 1 aliphatic heterocycles. The van der Waals surface area contributed by atoms with E-state index < -0.39 is 30.6 Å². The molecule has 3 N–H and O–H groups in total. The van der Waals surface area contributed by atoms with Gasteiger partial charge < -0.3 is 19.9 Å². The van der Waals surface area contributed by atoms with Crippen molar-refractivity contribution in [1.29, 1.82) is 0 Å². The standard InChI is InChI=1S/C18H24N2O6/c1-10(2)14(16(22)20-17(19)23)25-13(21)9-24-12-7-5-6-11-8-18(3,4)26-15(11)12/h5-7,10,14H,8-9H2,1-4H3,(H3,19,20,22,23)/t14-/m1/s1. The molecule has 8 heteroatoms. The molecular weight excluding hydrogens is 340 g/mol. The fraction of sp³-hybridized carbons (Fsp3) is 0.500. The minimum Gasteiger partial charge on any atom is -0.483 e. The van der Waals surface area contributed by atoms with Gasteiger partial charge in [-0.3, -0.25) is 10.1 Å². The van der Waals surface area contributed by atoms with E-state index in [1.165, 1.54) is 0 Å². The molecule has 0 fully saturated rings. The molecule has 26 heavy (non-hydrogen) atoms. The number of amides is 3. The summed E-state index contributed by atoms with van der Waals surface area (Å²) in [5, 5.41) is 1.91. The van der Waals surface area contributed by atoms with Gasteiger partial charge in [-0.25, -0.2) is 9.59 Å². The Labute approximate surface area is 152 Å². The summed E-state index contributed by atoms with van der Waals surface area (Å²) in [6.45, 7) is 6.90. The minimum atomic E-state index is -1.14. The Hall–Kier alpha value is -2.77. The van der Waals surface area contributed by atoms with E-state index in [-0.39, 0.29) is 11.5 Å². The molecule has 0 unspecified atom stereocenters. The minimum absolute atomic E-state index is 0.335. The van der Waals surface area contributed by atoms with E-state index in [2.05, 4.69) is 0 Å². The second-order valence-electron chi connectivity index (χ2n) is 7.08. The molecule has 0 spiro atoms. The Morgan fingerprint density at radius 2 is 2.00 bits per heavy atom. The summed E-state index contributed by atoms with van der Waals surface area (Å²) in [6, 6.07) is 4.46. The molecule has 3 amide bonds. The molecule has 142 valence electrons. The van der Waals surface area contributed by atoms with Gasteiger partial charge in [-0.2, -0.15) is 0 Å². The molecule has 8 nitrogen and oxygen atoms in total. The number of fused-ring (bicyclic) bond motifs is 1. The number of carbonyl (C=O) groups excluding carboxylic acids is 3. The molecule has 2 rings (SSSR count). The first-order valence-corrected chi connectivity index (χ1v) is 8.32. The van der Waals surface area contributed by atoms with Crippen LogP contribution in [0.15, 0.2) is 18.2 Å². The highest BCUT2D eigenvalue weighted by atomic mass is 16.6. The second-order valence-corrected chi connectivity index (χ2v) is 7.08. The van der Waals surface area contributed by atoms with Gasteiger partial charge in [0, 0.05) is 12.0 Å². The third-order valence-electron chi connectivity index (χ3n) is 3.77. The van der Waals surface area contributed by atoms with Gasteiger partial charge in [-0.15, -0.1) is 0 Å². The van der Waals surface area contributed by atoms with E-state index in [4.69, 9.17) is 19.9 Å². The number of hydrogen-bond acceptors (Lipinski definition) is 6. The summed E-state index contributed by atoms with van der Waals surface area (Å²) in [5.41, 5.74) is 5.59. The van der Waals surface area contributed by atoms with Crippen LogP contribution in [0.5, 0.6) is 11.5 Å². The van der Waals surface area contributed by atoms with Gasteiger partial charge >= 0.3 is 12.0 Å². The third-order valence-corrected chi connectivity index (χ3v) is 3.77. The zero-order valence-electron chi connectivity index (χ0n) is 15.3. The van der Waals surface area contributed by atoms with Crippen LogP contribution < -0.4 is 20.5 Å². The van der Waals surface area contributed by atoms with Crippen molar-refractivity contribution in [2.75, 3.05) is 6.61 Å². The number of esters is 1. The van der Waals surface area contributed by atoms with E-state index >= 15 is 0 Å². The Kier molecular flexibility index (Phi) is 5.74. The molecule has 0 bridgehead atoms. The second kappa shape index (κ2) is 7.63.